The van der Waals surface area contributed by atoms with Crippen molar-refractivity contribution in [1.29, 1.82) is 0 Å². The molecule has 0 saturated carbocycles. The molecule has 0 radical (unpaired) electrons. The minimum absolute atomic E-state index is 0.568. The van der Waals surface area contributed by atoms with Crippen LogP contribution in [0.15, 0.2) is 34.7 Å². The number of hydrogen-bond acceptors (Lipinski definition) is 3. The molecule has 0 aliphatic rings. The van der Waals surface area contributed by atoms with Crippen molar-refractivity contribution in [3.63, 3.8) is 0 Å². The van der Waals surface area contributed by atoms with Gasteiger partial charge in [-0.15, -0.1) is 0 Å². The molecule has 0 fully saturated rings. The highest BCUT2D eigenvalue weighted by molar-refractivity contribution is 5.77. The minimum atomic E-state index is -0.584. The number of hydrogen-bond donors (Lipinski definition) is 1. The highest BCUT2D eigenvalue weighted by atomic mass is 16.5. The van der Waals surface area contributed by atoms with Gasteiger partial charge in [-0.3, -0.25) is 0 Å². The summed E-state index contributed by atoms with van der Waals surface area (Å²) in [6, 6.07) is 9.67. The van der Waals surface area contributed by atoms with Crippen molar-refractivity contribution in [2.24, 2.45) is 0 Å². The SMILES string of the molecule is CCCCOCCC(O)c1cc2ccccc2o1. The van der Waals surface area contributed by atoms with Gasteiger partial charge in [-0.2, -0.15) is 0 Å². The van der Waals surface area contributed by atoms with Crippen LogP contribution in [0.25, 0.3) is 11.0 Å². The number of unbranched alkanes of at least 4 members (excludes halogenated alkanes) is 1. The van der Waals surface area contributed by atoms with E-state index in [1.54, 1.807) is 0 Å². The zero-order valence-electron chi connectivity index (χ0n) is 10.8. The molecule has 2 rings (SSSR count). The summed E-state index contributed by atoms with van der Waals surface area (Å²) in [7, 11) is 0. The van der Waals surface area contributed by atoms with Gasteiger partial charge in [0.2, 0.25) is 0 Å². The van der Waals surface area contributed by atoms with Gasteiger partial charge in [0.25, 0.3) is 0 Å². The molecule has 1 aromatic heterocycles. The van der Waals surface area contributed by atoms with E-state index in [1.165, 1.54) is 0 Å². The molecule has 1 heterocycles. The Balaban J connectivity index is 1.86. The first-order valence-electron chi connectivity index (χ1n) is 6.55. The Morgan fingerprint density at radius 3 is 2.89 bits per heavy atom. The lowest BCUT2D eigenvalue weighted by Crippen LogP contribution is -2.03. The van der Waals surface area contributed by atoms with Crippen LogP contribution in [-0.4, -0.2) is 18.3 Å². The van der Waals surface area contributed by atoms with E-state index in [2.05, 4.69) is 6.92 Å². The molecule has 98 valence electrons. The number of benzene rings is 1. The third-order valence-corrected chi connectivity index (χ3v) is 2.95. The third-order valence-electron chi connectivity index (χ3n) is 2.95. The Bertz CT molecular complexity index is 442. The summed E-state index contributed by atoms with van der Waals surface area (Å²) in [5.41, 5.74) is 0.818. The van der Waals surface area contributed by atoms with Crippen LogP contribution >= 0.6 is 0 Å². The number of fused-ring (bicyclic) bond motifs is 1. The van der Waals surface area contributed by atoms with E-state index in [0.717, 1.165) is 30.4 Å². The van der Waals surface area contributed by atoms with E-state index in [9.17, 15) is 5.11 Å². The molecule has 0 saturated heterocycles. The van der Waals surface area contributed by atoms with Crippen molar-refractivity contribution in [3.05, 3.63) is 36.1 Å². The summed E-state index contributed by atoms with van der Waals surface area (Å²) in [4.78, 5) is 0. The van der Waals surface area contributed by atoms with Crippen LogP contribution in [0.3, 0.4) is 0 Å². The largest absolute Gasteiger partial charge is 0.458 e. The second-order valence-corrected chi connectivity index (χ2v) is 4.46. The van der Waals surface area contributed by atoms with Gasteiger partial charge in [-0.25, -0.2) is 0 Å². The molecule has 0 aliphatic carbocycles. The van der Waals surface area contributed by atoms with Crippen LogP contribution in [0.4, 0.5) is 0 Å². The van der Waals surface area contributed by atoms with Crippen LogP contribution in [0, 0.1) is 0 Å². The van der Waals surface area contributed by atoms with Gasteiger partial charge in [0.05, 0.1) is 0 Å². The van der Waals surface area contributed by atoms with Crippen LogP contribution in [0.2, 0.25) is 0 Å². The molecule has 3 heteroatoms. The first-order valence-corrected chi connectivity index (χ1v) is 6.55. The van der Waals surface area contributed by atoms with Gasteiger partial charge in [0, 0.05) is 25.0 Å². The highest BCUT2D eigenvalue weighted by Crippen LogP contribution is 2.25. The smallest absolute Gasteiger partial charge is 0.134 e. The van der Waals surface area contributed by atoms with Crippen LogP contribution in [0.5, 0.6) is 0 Å². The average Bonchev–Trinajstić information content (AvgIpc) is 2.82. The molecule has 1 aromatic carbocycles. The topological polar surface area (TPSA) is 42.6 Å². The quantitative estimate of drug-likeness (QED) is 0.760. The van der Waals surface area contributed by atoms with Gasteiger partial charge in [-0.1, -0.05) is 31.5 Å². The summed E-state index contributed by atoms with van der Waals surface area (Å²) < 4.78 is 11.0. The molecular formula is C15H20O3. The fourth-order valence-corrected chi connectivity index (χ4v) is 1.85. The van der Waals surface area contributed by atoms with Crippen molar-refractivity contribution in [3.8, 4) is 0 Å². The number of ether oxygens (including phenoxy) is 1. The fourth-order valence-electron chi connectivity index (χ4n) is 1.85. The van der Waals surface area contributed by atoms with Gasteiger partial charge in [0.1, 0.15) is 17.4 Å². The maximum atomic E-state index is 10.0. The Morgan fingerprint density at radius 2 is 2.11 bits per heavy atom. The third kappa shape index (κ3) is 3.34. The van der Waals surface area contributed by atoms with Gasteiger partial charge in [-0.05, 0) is 18.6 Å². The predicted molar refractivity (Wildman–Crippen MR) is 71.5 cm³/mol. The van der Waals surface area contributed by atoms with Gasteiger partial charge in [0.15, 0.2) is 0 Å². The van der Waals surface area contributed by atoms with E-state index in [0.29, 0.717) is 18.8 Å². The molecular weight excluding hydrogens is 228 g/mol. The second kappa shape index (κ2) is 6.57. The maximum Gasteiger partial charge on any atom is 0.134 e. The summed E-state index contributed by atoms with van der Waals surface area (Å²) in [6.45, 7) is 3.47. The minimum Gasteiger partial charge on any atom is -0.458 e. The summed E-state index contributed by atoms with van der Waals surface area (Å²) in [6.07, 6.45) is 2.19. The molecule has 1 unspecified atom stereocenters. The van der Waals surface area contributed by atoms with E-state index in [4.69, 9.17) is 9.15 Å². The standard InChI is InChI=1S/C15H20O3/c1-2-3-9-17-10-8-13(16)15-11-12-6-4-5-7-14(12)18-15/h4-7,11,13,16H,2-3,8-10H2,1H3. The Hall–Kier alpha value is -1.32. The lowest BCUT2D eigenvalue weighted by atomic mass is 10.2. The highest BCUT2D eigenvalue weighted by Gasteiger charge is 2.12. The van der Waals surface area contributed by atoms with E-state index < -0.39 is 6.10 Å². The normalized spacial score (nSPS) is 13.0. The van der Waals surface area contributed by atoms with Crippen molar-refractivity contribution in [2.75, 3.05) is 13.2 Å². The van der Waals surface area contributed by atoms with Crippen LogP contribution in [-0.2, 0) is 4.74 Å². The maximum absolute atomic E-state index is 10.0. The second-order valence-electron chi connectivity index (χ2n) is 4.46. The van der Waals surface area contributed by atoms with Crippen molar-refractivity contribution >= 4 is 11.0 Å². The van der Waals surface area contributed by atoms with Crippen molar-refractivity contribution in [1.82, 2.24) is 0 Å². The molecule has 0 amide bonds. The molecule has 0 aliphatic heterocycles. The summed E-state index contributed by atoms with van der Waals surface area (Å²) in [5, 5.41) is 11.0. The number of rotatable bonds is 7. The monoisotopic (exact) mass is 248 g/mol. The lowest BCUT2D eigenvalue weighted by molar-refractivity contribution is 0.0712. The zero-order valence-corrected chi connectivity index (χ0v) is 10.8. The first kappa shape index (κ1) is 13.1. The first-order chi connectivity index (χ1) is 8.81. The van der Waals surface area contributed by atoms with E-state index in [-0.39, 0.29) is 0 Å². The van der Waals surface area contributed by atoms with Crippen molar-refractivity contribution < 1.29 is 14.3 Å². The van der Waals surface area contributed by atoms with Crippen LogP contribution < -0.4 is 0 Å². The number of para-hydroxylation sites is 1. The summed E-state index contributed by atoms with van der Waals surface area (Å²) in [5.74, 6) is 0.621. The lowest BCUT2D eigenvalue weighted by Gasteiger charge is -2.07. The fraction of sp³-hybridized carbons (Fsp3) is 0.467. The molecule has 1 N–H and O–H groups in total. The predicted octanol–water partition coefficient (Wildman–Crippen LogP) is 3.67. The molecule has 18 heavy (non-hydrogen) atoms. The van der Waals surface area contributed by atoms with Crippen molar-refractivity contribution in [2.45, 2.75) is 32.3 Å². The Labute approximate surface area is 107 Å². The van der Waals surface area contributed by atoms with Gasteiger partial charge < -0.3 is 14.3 Å². The average molecular weight is 248 g/mol. The zero-order chi connectivity index (χ0) is 12.8. The molecule has 0 bridgehead atoms. The summed E-state index contributed by atoms with van der Waals surface area (Å²) >= 11 is 0. The Kier molecular flexibility index (Phi) is 4.79. The van der Waals surface area contributed by atoms with Gasteiger partial charge >= 0.3 is 0 Å². The number of furan rings is 1. The number of aliphatic hydroxyl groups is 1. The molecule has 0 spiro atoms. The molecule has 2 aromatic rings. The van der Waals surface area contributed by atoms with E-state index in [1.807, 2.05) is 30.3 Å². The Morgan fingerprint density at radius 1 is 1.28 bits per heavy atom. The van der Waals surface area contributed by atoms with Crippen LogP contribution in [0.1, 0.15) is 38.1 Å². The molecule has 3 nitrogen and oxygen atoms in total. The van der Waals surface area contributed by atoms with E-state index >= 15 is 0 Å². The number of aliphatic hydroxyl groups excluding tert-OH is 1. The molecule has 1 atom stereocenters.